The summed E-state index contributed by atoms with van der Waals surface area (Å²) < 4.78 is 0. The van der Waals surface area contributed by atoms with Gasteiger partial charge < -0.3 is 20.6 Å². The summed E-state index contributed by atoms with van der Waals surface area (Å²) in [5.41, 5.74) is 1.85. The summed E-state index contributed by atoms with van der Waals surface area (Å²) in [5, 5.41) is 42.5. The molecule has 3 rings (SSSR count). The Morgan fingerprint density at radius 3 is 2.71 bits per heavy atom. The number of thiazole rings is 1. The highest BCUT2D eigenvalue weighted by Crippen LogP contribution is 2.30. The van der Waals surface area contributed by atoms with Gasteiger partial charge in [0.25, 0.3) is 0 Å². The minimum Gasteiger partial charge on any atom is -0.506 e. The smallest absolute Gasteiger partial charge is 0.226 e. The number of hydrogen-bond donors (Lipinski definition) is 4. The van der Waals surface area contributed by atoms with Crippen molar-refractivity contribution in [2.24, 2.45) is 0 Å². The Morgan fingerprint density at radius 2 is 2.00 bits per heavy atom. The number of amides is 1. The zero-order valence-electron chi connectivity index (χ0n) is 14.6. The van der Waals surface area contributed by atoms with Crippen LogP contribution in [0.25, 0.3) is 10.7 Å². The van der Waals surface area contributed by atoms with Gasteiger partial charge in [-0.15, -0.1) is 11.3 Å². The number of nitrogens with zero attached hydrogens (tertiary/aromatic N) is 3. The van der Waals surface area contributed by atoms with Crippen LogP contribution in [0.15, 0.2) is 35.8 Å². The second-order valence-electron chi connectivity index (χ2n) is 5.95. The molecule has 3 aromatic rings. The Balaban J connectivity index is 1.55. The lowest BCUT2D eigenvalue weighted by molar-refractivity contribution is -0.120. The van der Waals surface area contributed by atoms with E-state index in [0.717, 1.165) is 5.56 Å². The number of phenolic OH excluding ortho intramolecular Hbond substituents is 2. The molecular weight excluding hydrogens is 380 g/mol. The molecule has 28 heavy (non-hydrogen) atoms. The molecule has 9 heteroatoms. The van der Waals surface area contributed by atoms with Gasteiger partial charge in [0.05, 0.1) is 17.7 Å². The summed E-state index contributed by atoms with van der Waals surface area (Å²) in [6.07, 6.45) is 1.93. The summed E-state index contributed by atoms with van der Waals surface area (Å²) in [7, 11) is 0. The summed E-state index contributed by atoms with van der Waals surface area (Å²) >= 11 is 1.25. The Hall–Kier alpha value is -3.64. The molecule has 0 saturated carbocycles. The lowest BCUT2D eigenvalue weighted by Crippen LogP contribution is -2.27. The van der Waals surface area contributed by atoms with Gasteiger partial charge in [-0.1, -0.05) is 6.07 Å². The number of pyridine rings is 1. The topological polar surface area (TPSA) is 139 Å². The number of aromatic hydroxyl groups is 3. The van der Waals surface area contributed by atoms with Crippen molar-refractivity contribution >= 4 is 17.2 Å². The van der Waals surface area contributed by atoms with E-state index in [1.165, 1.54) is 35.7 Å². The minimum atomic E-state index is -0.211. The highest BCUT2D eigenvalue weighted by atomic mass is 32.1. The lowest BCUT2D eigenvalue weighted by atomic mass is 10.1. The van der Waals surface area contributed by atoms with E-state index >= 15 is 0 Å². The van der Waals surface area contributed by atoms with Crippen molar-refractivity contribution < 1.29 is 20.1 Å². The molecule has 2 aromatic heterocycles. The zero-order valence-corrected chi connectivity index (χ0v) is 15.4. The first-order valence-corrected chi connectivity index (χ1v) is 9.15. The van der Waals surface area contributed by atoms with Crippen LogP contribution in [0.1, 0.15) is 16.8 Å². The second kappa shape index (κ2) is 8.37. The molecule has 0 saturated heterocycles. The quantitative estimate of drug-likeness (QED) is 0.468. The van der Waals surface area contributed by atoms with Crippen LogP contribution >= 0.6 is 11.3 Å². The SMILES string of the molecule is N#Cc1cnc(-c2nc(CC(=O)NCCc3ccc(O)c(O)c3)cs2)c(O)c1. The average Bonchev–Trinajstić information content (AvgIpc) is 3.12. The third kappa shape index (κ3) is 4.55. The fourth-order valence-corrected chi connectivity index (χ4v) is 3.30. The Kier molecular flexibility index (Phi) is 5.72. The monoisotopic (exact) mass is 396 g/mol. The molecule has 1 amide bonds. The zero-order chi connectivity index (χ0) is 20.1. The fourth-order valence-electron chi connectivity index (χ4n) is 2.47. The number of carbonyl (C=O) groups is 1. The van der Waals surface area contributed by atoms with Crippen LogP contribution in [0.3, 0.4) is 0 Å². The molecule has 142 valence electrons. The van der Waals surface area contributed by atoms with Gasteiger partial charge in [-0.05, 0) is 24.1 Å². The predicted octanol–water partition coefficient (Wildman–Crippen LogP) is 2.09. The van der Waals surface area contributed by atoms with Crippen LogP contribution < -0.4 is 5.32 Å². The average molecular weight is 396 g/mol. The van der Waals surface area contributed by atoms with Crippen LogP contribution in [0.4, 0.5) is 0 Å². The van der Waals surface area contributed by atoms with E-state index < -0.39 is 0 Å². The third-order valence-corrected chi connectivity index (χ3v) is 4.77. The van der Waals surface area contributed by atoms with Gasteiger partial charge in [-0.3, -0.25) is 4.79 Å². The van der Waals surface area contributed by atoms with Crippen molar-refractivity contribution in [3.05, 3.63) is 52.7 Å². The number of nitriles is 1. The van der Waals surface area contributed by atoms with Gasteiger partial charge >= 0.3 is 0 Å². The normalized spacial score (nSPS) is 10.4. The fraction of sp³-hybridized carbons (Fsp3) is 0.158. The number of hydrogen-bond acceptors (Lipinski definition) is 8. The molecule has 0 aliphatic carbocycles. The van der Waals surface area contributed by atoms with E-state index in [0.29, 0.717) is 23.7 Å². The number of carbonyl (C=O) groups excluding carboxylic acids is 1. The van der Waals surface area contributed by atoms with Crippen LogP contribution in [-0.2, 0) is 17.6 Å². The van der Waals surface area contributed by atoms with E-state index in [-0.39, 0.29) is 40.8 Å². The van der Waals surface area contributed by atoms with Gasteiger partial charge in [-0.2, -0.15) is 5.26 Å². The molecule has 8 nitrogen and oxygen atoms in total. The molecule has 0 spiro atoms. The highest BCUT2D eigenvalue weighted by Gasteiger charge is 2.13. The number of benzene rings is 1. The molecule has 0 aliphatic rings. The molecule has 4 N–H and O–H groups in total. The Labute approximate surface area is 164 Å². The molecule has 0 aliphatic heterocycles. The molecule has 0 fully saturated rings. The molecule has 0 atom stereocenters. The first-order valence-electron chi connectivity index (χ1n) is 8.27. The number of aromatic nitrogens is 2. The van der Waals surface area contributed by atoms with Crippen LogP contribution in [0.5, 0.6) is 17.2 Å². The van der Waals surface area contributed by atoms with Gasteiger partial charge in [0.2, 0.25) is 5.91 Å². The Morgan fingerprint density at radius 1 is 1.18 bits per heavy atom. The summed E-state index contributed by atoms with van der Waals surface area (Å²) in [6.45, 7) is 0.373. The maximum atomic E-state index is 12.1. The minimum absolute atomic E-state index is 0.0777. The first-order chi connectivity index (χ1) is 13.5. The predicted molar refractivity (Wildman–Crippen MR) is 102 cm³/mol. The van der Waals surface area contributed by atoms with E-state index in [4.69, 9.17) is 5.26 Å². The first kappa shape index (κ1) is 19.1. The lowest BCUT2D eigenvalue weighted by Gasteiger charge is -2.05. The maximum Gasteiger partial charge on any atom is 0.226 e. The molecule has 0 radical (unpaired) electrons. The van der Waals surface area contributed by atoms with Crippen molar-refractivity contribution in [1.29, 1.82) is 5.26 Å². The number of rotatable bonds is 6. The van der Waals surface area contributed by atoms with Crippen LogP contribution in [-0.4, -0.2) is 37.7 Å². The summed E-state index contributed by atoms with van der Waals surface area (Å²) in [6, 6.07) is 7.73. The van der Waals surface area contributed by atoms with Crippen LogP contribution in [0.2, 0.25) is 0 Å². The second-order valence-corrected chi connectivity index (χ2v) is 6.81. The van der Waals surface area contributed by atoms with E-state index in [9.17, 15) is 20.1 Å². The third-order valence-electron chi connectivity index (χ3n) is 3.87. The summed E-state index contributed by atoms with van der Waals surface area (Å²) in [4.78, 5) is 20.4. The van der Waals surface area contributed by atoms with Gasteiger partial charge in [0.1, 0.15) is 22.5 Å². The molecule has 0 unspecified atom stereocenters. The van der Waals surface area contributed by atoms with E-state index in [1.54, 1.807) is 11.4 Å². The standard InChI is InChI=1S/C19H16N4O4S/c20-8-12-6-16(26)18(22-9-12)19-23-13(10-28-19)7-17(27)21-4-3-11-1-2-14(24)15(25)5-11/h1-2,5-6,9-10,24-26H,3-4,7H2,(H,21,27). The van der Waals surface area contributed by atoms with E-state index in [1.807, 2.05) is 6.07 Å². The van der Waals surface area contributed by atoms with Crippen molar-refractivity contribution in [2.75, 3.05) is 6.54 Å². The van der Waals surface area contributed by atoms with Crippen molar-refractivity contribution in [3.63, 3.8) is 0 Å². The van der Waals surface area contributed by atoms with Crippen molar-refractivity contribution in [1.82, 2.24) is 15.3 Å². The van der Waals surface area contributed by atoms with Crippen molar-refractivity contribution in [3.8, 4) is 34.0 Å². The molecule has 0 bridgehead atoms. The molecular formula is C19H16N4O4S. The van der Waals surface area contributed by atoms with Gasteiger partial charge in [0.15, 0.2) is 11.5 Å². The Bertz CT molecular complexity index is 1060. The highest BCUT2D eigenvalue weighted by molar-refractivity contribution is 7.13. The maximum absolute atomic E-state index is 12.1. The number of phenols is 2. The van der Waals surface area contributed by atoms with Gasteiger partial charge in [-0.25, -0.2) is 9.97 Å². The van der Waals surface area contributed by atoms with E-state index in [2.05, 4.69) is 15.3 Å². The largest absolute Gasteiger partial charge is 0.506 e. The van der Waals surface area contributed by atoms with Gasteiger partial charge in [0, 0.05) is 24.2 Å². The van der Waals surface area contributed by atoms with Crippen LogP contribution in [0, 0.1) is 11.3 Å². The summed E-state index contributed by atoms with van der Waals surface area (Å²) in [5.74, 6) is -0.730. The number of nitrogens with one attached hydrogen (secondary N) is 1. The molecule has 2 heterocycles. The molecule has 1 aromatic carbocycles. The van der Waals surface area contributed by atoms with Crippen molar-refractivity contribution in [2.45, 2.75) is 12.8 Å².